The van der Waals surface area contributed by atoms with Gasteiger partial charge in [-0.05, 0) is 77.1 Å². The van der Waals surface area contributed by atoms with E-state index in [1.807, 2.05) is 49.4 Å². The largest absolute Gasteiger partial charge is 0.482 e. The van der Waals surface area contributed by atoms with Gasteiger partial charge in [-0.25, -0.2) is 4.79 Å². The zero-order chi connectivity index (χ0) is 33.0. The number of carbonyl (C=O) groups excluding carboxylic acids is 4. The molecule has 1 N–H and O–H groups in total. The summed E-state index contributed by atoms with van der Waals surface area (Å²) in [6, 6.07) is 14.9. The summed E-state index contributed by atoms with van der Waals surface area (Å²) in [5.74, 6) is -1.16. The maximum Gasteiger partial charge on any atom is 0.410 e. The van der Waals surface area contributed by atoms with Gasteiger partial charge in [-0.3, -0.25) is 14.4 Å². The van der Waals surface area contributed by atoms with Crippen molar-refractivity contribution >= 4 is 35.2 Å². The fourth-order valence-corrected chi connectivity index (χ4v) is 6.10. The fourth-order valence-electron chi connectivity index (χ4n) is 6.10. The molecule has 5 rings (SSSR count). The summed E-state index contributed by atoms with van der Waals surface area (Å²) in [4.78, 5) is 59.2. The third kappa shape index (κ3) is 7.99. The Morgan fingerprint density at radius 3 is 2.46 bits per heavy atom. The van der Waals surface area contributed by atoms with E-state index in [0.717, 1.165) is 18.4 Å². The molecule has 0 unspecified atom stereocenters. The van der Waals surface area contributed by atoms with E-state index in [-0.39, 0.29) is 49.5 Å². The SMILES string of the molecule is COCCCN1C(=O)COc2ccc(N(C(=O)[C@@H]3C[C@H](C(=O)N[C@H](C)c4ccccc4)CN(C(=O)OC(C)(C)C)C3)C3CC3)cc21. The van der Waals surface area contributed by atoms with Crippen LogP contribution < -0.4 is 19.9 Å². The van der Waals surface area contributed by atoms with Gasteiger partial charge in [0.1, 0.15) is 11.4 Å². The maximum absolute atomic E-state index is 14.5. The van der Waals surface area contributed by atoms with Crippen molar-refractivity contribution in [2.24, 2.45) is 11.8 Å². The number of methoxy groups -OCH3 is 1. The number of nitrogens with one attached hydrogen (secondary N) is 1. The molecule has 2 heterocycles. The molecule has 0 aromatic heterocycles. The normalized spacial score (nSPS) is 20.3. The molecule has 3 aliphatic rings. The zero-order valence-electron chi connectivity index (χ0n) is 27.5. The summed E-state index contributed by atoms with van der Waals surface area (Å²) in [6.45, 7) is 8.54. The summed E-state index contributed by atoms with van der Waals surface area (Å²) >= 11 is 0. The van der Waals surface area contributed by atoms with Crippen molar-refractivity contribution < 1.29 is 33.4 Å². The number of amides is 4. The molecule has 2 fully saturated rings. The number of ether oxygens (including phenoxy) is 3. The number of carbonyl (C=O) groups is 4. The minimum atomic E-state index is -0.731. The van der Waals surface area contributed by atoms with Crippen LogP contribution in [0.25, 0.3) is 0 Å². The molecule has 3 atom stereocenters. The lowest BCUT2D eigenvalue weighted by molar-refractivity contribution is -0.131. The molecule has 0 radical (unpaired) electrons. The first-order valence-corrected chi connectivity index (χ1v) is 16.2. The molecule has 1 saturated carbocycles. The Morgan fingerprint density at radius 2 is 1.78 bits per heavy atom. The summed E-state index contributed by atoms with van der Waals surface area (Å²) in [5.41, 5.74) is 1.52. The summed E-state index contributed by atoms with van der Waals surface area (Å²) in [7, 11) is 1.62. The van der Waals surface area contributed by atoms with Crippen molar-refractivity contribution in [2.75, 3.05) is 49.8 Å². The molecule has 1 aliphatic carbocycles. The number of anilines is 2. The Balaban J connectivity index is 1.40. The smallest absolute Gasteiger partial charge is 0.410 e. The van der Waals surface area contributed by atoms with Crippen LogP contribution in [-0.4, -0.2) is 80.3 Å². The van der Waals surface area contributed by atoms with Crippen LogP contribution in [0.1, 0.15) is 65.0 Å². The molecule has 2 aromatic carbocycles. The van der Waals surface area contributed by atoms with Gasteiger partial charge in [0.2, 0.25) is 11.8 Å². The van der Waals surface area contributed by atoms with Crippen molar-refractivity contribution in [1.29, 1.82) is 0 Å². The molecule has 46 heavy (non-hydrogen) atoms. The van der Waals surface area contributed by atoms with Crippen molar-refractivity contribution in [3.05, 3.63) is 54.1 Å². The highest BCUT2D eigenvalue weighted by molar-refractivity contribution is 6.01. The molecule has 2 aromatic rings. The van der Waals surface area contributed by atoms with Gasteiger partial charge in [-0.2, -0.15) is 0 Å². The molecular formula is C35H46N4O7. The molecule has 1 saturated heterocycles. The maximum atomic E-state index is 14.5. The number of benzene rings is 2. The lowest BCUT2D eigenvalue weighted by Gasteiger charge is -2.39. The second kappa shape index (κ2) is 14.1. The van der Waals surface area contributed by atoms with Crippen LogP contribution in [0.2, 0.25) is 0 Å². The minimum absolute atomic E-state index is 0.00464. The number of piperidine rings is 1. The quantitative estimate of drug-likeness (QED) is 0.377. The van der Waals surface area contributed by atoms with Crippen LogP contribution in [-0.2, 0) is 23.9 Å². The first kappa shape index (κ1) is 33.2. The van der Waals surface area contributed by atoms with E-state index in [9.17, 15) is 19.2 Å². The molecular weight excluding hydrogens is 588 g/mol. The first-order chi connectivity index (χ1) is 21.9. The highest BCUT2D eigenvalue weighted by Crippen LogP contribution is 2.41. The van der Waals surface area contributed by atoms with E-state index in [4.69, 9.17) is 14.2 Å². The number of hydrogen-bond acceptors (Lipinski definition) is 7. The fraction of sp³-hybridized carbons (Fsp3) is 0.543. The van der Waals surface area contributed by atoms with Crippen LogP contribution in [0.3, 0.4) is 0 Å². The first-order valence-electron chi connectivity index (χ1n) is 16.2. The minimum Gasteiger partial charge on any atom is -0.482 e. The second-order valence-electron chi connectivity index (χ2n) is 13.4. The molecule has 2 aliphatic heterocycles. The van der Waals surface area contributed by atoms with E-state index in [0.29, 0.717) is 43.1 Å². The standard InChI is InChI=1S/C35H46N4O7/c1-23(24-10-7-6-8-11-24)36-32(41)25-18-26(21-37(20-25)34(43)46-35(2,3)4)33(42)39(27-12-13-27)28-14-15-30-29(19-28)38(16-9-17-44-5)31(40)22-45-30/h6-8,10-11,14-15,19,23,25-27H,9,12-13,16-18,20-22H2,1-5H3,(H,36,41)/t23-,25+,26-/m1/s1. The Bertz CT molecular complexity index is 1420. The Labute approximate surface area is 271 Å². The number of hydrogen-bond donors (Lipinski definition) is 1. The van der Waals surface area contributed by atoms with Crippen LogP contribution in [0.4, 0.5) is 16.2 Å². The highest BCUT2D eigenvalue weighted by Gasteiger charge is 2.44. The van der Waals surface area contributed by atoms with Crippen molar-refractivity contribution in [3.8, 4) is 5.75 Å². The Morgan fingerprint density at radius 1 is 1.07 bits per heavy atom. The molecule has 4 amide bonds. The summed E-state index contributed by atoms with van der Waals surface area (Å²) in [6.07, 6.45) is 2.09. The average Bonchev–Trinajstić information content (AvgIpc) is 3.87. The average molecular weight is 635 g/mol. The van der Waals surface area contributed by atoms with Crippen LogP contribution in [0.15, 0.2) is 48.5 Å². The molecule has 248 valence electrons. The van der Waals surface area contributed by atoms with Crippen molar-refractivity contribution in [3.63, 3.8) is 0 Å². The van der Waals surface area contributed by atoms with Gasteiger partial charge in [0.15, 0.2) is 6.61 Å². The molecule has 0 bridgehead atoms. The predicted molar refractivity (Wildman–Crippen MR) is 174 cm³/mol. The molecule has 0 spiro atoms. The third-order valence-corrected chi connectivity index (χ3v) is 8.52. The molecule has 11 heteroatoms. The second-order valence-corrected chi connectivity index (χ2v) is 13.4. The van der Waals surface area contributed by atoms with Gasteiger partial charge in [0, 0.05) is 45.1 Å². The Hall–Kier alpha value is -4.12. The van der Waals surface area contributed by atoms with E-state index in [1.54, 1.807) is 43.7 Å². The van der Waals surface area contributed by atoms with Crippen molar-refractivity contribution in [2.45, 2.75) is 71.1 Å². The topological polar surface area (TPSA) is 118 Å². The van der Waals surface area contributed by atoms with Gasteiger partial charge in [-0.15, -0.1) is 0 Å². The van der Waals surface area contributed by atoms with Gasteiger partial charge in [0.25, 0.3) is 5.91 Å². The van der Waals surface area contributed by atoms with Gasteiger partial charge in [-0.1, -0.05) is 30.3 Å². The predicted octanol–water partition coefficient (Wildman–Crippen LogP) is 4.69. The number of fused-ring (bicyclic) bond motifs is 1. The summed E-state index contributed by atoms with van der Waals surface area (Å²) < 4.78 is 16.6. The molecule has 11 nitrogen and oxygen atoms in total. The number of rotatable bonds is 10. The van der Waals surface area contributed by atoms with Crippen LogP contribution >= 0.6 is 0 Å². The highest BCUT2D eigenvalue weighted by atomic mass is 16.6. The summed E-state index contributed by atoms with van der Waals surface area (Å²) in [5, 5.41) is 3.09. The van der Waals surface area contributed by atoms with E-state index >= 15 is 0 Å². The number of likely N-dealkylation sites (tertiary alicyclic amines) is 1. The van der Waals surface area contributed by atoms with Crippen LogP contribution in [0.5, 0.6) is 5.75 Å². The van der Waals surface area contributed by atoms with Gasteiger partial charge >= 0.3 is 6.09 Å². The zero-order valence-corrected chi connectivity index (χ0v) is 27.5. The van der Waals surface area contributed by atoms with Crippen LogP contribution in [0, 0.1) is 11.8 Å². The lowest BCUT2D eigenvalue weighted by Crippen LogP contribution is -2.54. The third-order valence-electron chi connectivity index (χ3n) is 8.52. The van der Waals surface area contributed by atoms with Gasteiger partial charge in [0.05, 0.1) is 23.6 Å². The monoisotopic (exact) mass is 634 g/mol. The van der Waals surface area contributed by atoms with Crippen molar-refractivity contribution in [1.82, 2.24) is 10.2 Å². The number of nitrogens with zero attached hydrogens (tertiary/aromatic N) is 3. The van der Waals surface area contributed by atoms with E-state index in [1.165, 1.54) is 4.90 Å². The van der Waals surface area contributed by atoms with Gasteiger partial charge < -0.3 is 34.2 Å². The lowest BCUT2D eigenvalue weighted by atomic mass is 9.87. The van der Waals surface area contributed by atoms with E-state index < -0.39 is 23.5 Å². The van der Waals surface area contributed by atoms with E-state index in [2.05, 4.69) is 5.32 Å². The Kier molecular flexibility index (Phi) is 10.2.